The zero-order valence-corrected chi connectivity index (χ0v) is 9.98. The summed E-state index contributed by atoms with van der Waals surface area (Å²) in [4.78, 5) is 2.46. The smallest absolute Gasteiger partial charge is 0.129 e. The van der Waals surface area contributed by atoms with E-state index in [1.807, 2.05) is 12.1 Å². The quantitative estimate of drug-likeness (QED) is 0.851. The van der Waals surface area contributed by atoms with Gasteiger partial charge in [-0.2, -0.15) is 0 Å². The summed E-state index contributed by atoms with van der Waals surface area (Å²) in [7, 11) is 0. The van der Waals surface area contributed by atoms with Crippen molar-refractivity contribution in [1.29, 1.82) is 0 Å². The van der Waals surface area contributed by atoms with Gasteiger partial charge in [-0.1, -0.05) is 13.3 Å². The van der Waals surface area contributed by atoms with Gasteiger partial charge in [0, 0.05) is 6.54 Å². The van der Waals surface area contributed by atoms with Crippen LogP contribution in [0.5, 0.6) is 0 Å². The molecule has 2 rings (SSSR count). The van der Waals surface area contributed by atoms with Crippen molar-refractivity contribution in [2.75, 3.05) is 13.1 Å². The lowest BCUT2D eigenvalue weighted by Crippen LogP contribution is -2.34. The minimum atomic E-state index is -0.00240. The van der Waals surface area contributed by atoms with Gasteiger partial charge in [-0.15, -0.1) is 0 Å². The third-order valence-corrected chi connectivity index (χ3v) is 3.43. The van der Waals surface area contributed by atoms with Gasteiger partial charge < -0.3 is 9.52 Å². The molecule has 3 heteroatoms. The minimum absolute atomic E-state index is 0.00240. The fraction of sp³-hybridized carbons (Fsp3) is 0.692. The highest BCUT2D eigenvalue weighted by Gasteiger charge is 2.19. The lowest BCUT2D eigenvalue weighted by molar-refractivity contribution is 0.151. The predicted octanol–water partition coefficient (Wildman–Crippen LogP) is 2.39. The summed E-state index contributed by atoms with van der Waals surface area (Å²) in [5.74, 6) is 2.49. The van der Waals surface area contributed by atoms with Crippen LogP contribution in [0.1, 0.15) is 37.7 Å². The van der Waals surface area contributed by atoms with Crippen molar-refractivity contribution < 1.29 is 9.52 Å². The first-order chi connectivity index (χ1) is 7.81. The second-order valence-corrected chi connectivity index (χ2v) is 4.68. The molecule has 0 radical (unpaired) electrons. The summed E-state index contributed by atoms with van der Waals surface area (Å²) in [6.07, 6.45) is 3.94. The van der Waals surface area contributed by atoms with Crippen LogP contribution in [0, 0.1) is 5.92 Å². The van der Waals surface area contributed by atoms with E-state index in [4.69, 9.17) is 9.52 Å². The molecule has 1 saturated heterocycles. The van der Waals surface area contributed by atoms with Gasteiger partial charge in [0.15, 0.2) is 0 Å². The van der Waals surface area contributed by atoms with Gasteiger partial charge in [0.1, 0.15) is 18.1 Å². The average molecular weight is 223 g/mol. The molecule has 1 aliphatic heterocycles. The Bertz CT molecular complexity index is 321. The van der Waals surface area contributed by atoms with Crippen molar-refractivity contribution in [3.63, 3.8) is 0 Å². The van der Waals surface area contributed by atoms with E-state index in [1.54, 1.807) is 0 Å². The Morgan fingerprint density at radius 1 is 1.44 bits per heavy atom. The van der Waals surface area contributed by atoms with E-state index in [0.29, 0.717) is 5.76 Å². The summed E-state index contributed by atoms with van der Waals surface area (Å²) >= 11 is 0. The van der Waals surface area contributed by atoms with Crippen LogP contribution in [-0.4, -0.2) is 23.1 Å². The third kappa shape index (κ3) is 2.86. The van der Waals surface area contributed by atoms with Crippen LogP contribution in [0.3, 0.4) is 0 Å². The summed E-state index contributed by atoms with van der Waals surface area (Å²) in [6, 6.07) is 3.83. The number of rotatable bonds is 4. The molecule has 90 valence electrons. The van der Waals surface area contributed by atoms with E-state index in [0.717, 1.165) is 18.2 Å². The molecular weight excluding hydrogens is 202 g/mol. The van der Waals surface area contributed by atoms with Crippen molar-refractivity contribution in [3.05, 3.63) is 23.7 Å². The van der Waals surface area contributed by atoms with Crippen LogP contribution < -0.4 is 0 Å². The largest absolute Gasteiger partial charge is 0.462 e. The van der Waals surface area contributed by atoms with Crippen LogP contribution in [0.25, 0.3) is 0 Å². The van der Waals surface area contributed by atoms with Crippen LogP contribution in [-0.2, 0) is 13.2 Å². The molecule has 0 saturated carbocycles. The zero-order chi connectivity index (χ0) is 11.4. The normalized spacial score (nSPS) is 22.5. The van der Waals surface area contributed by atoms with Gasteiger partial charge in [0.25, 0.3) is 0 Å². The van der Waals surface area contributed by atoms with Crippen LogP contribution in [0.2, 0.25) is 0 Å². The minimum Gasteiger partial charge on any atom is -0.462 e. The molecule has 1 fully saturated rings. The Kier molecular flexibility index (Phi) is 4.02. The Morgan fingerprint density at radius 3 is 2.94 bits per heavy atom. The number of aliphatic hydroxyl groups is 1. The maximum absolute atomic E-state index is 8.93. The van der Waals surface area contributed by atoms with Crippen molar-refractivity contribution in [3.8, 4) is 0 Å². The van der Waals surface area contributed by atoms with Crippen molar-refractivity contribution in [1.82, 2.24) is 4.90 Å². The van der Waals surface area contributed by atoms with E-state index in [9.17, 15) is 0 Å². The number of hydrogen-bond acceptors (Lipinski definition) is 3. The number of likely N-dealkylation sites (tertiary alicyclic amines) is 1. The highest BCUT2D eigenvalue weighted by Crippen LogP contribution is 2.21. The maximum atomic E-state index is 8.93. The number of aliphatic hydroxyl groups excluding tert-OH is 1. The molecule has 1 atom stereocenters. The molecule has 1 unspecified atom stereocenters. The number of nitrogens with zero attached hydrogens (tertiary/aromatic N) is 1. The first-order valence-corrected chi connectivity index (χ1v) is 6.22. The second kappa shape index (κ2) is 5.51. The van der Waals surface area contributed by atoms with Gasteiger partial charge in [-0.25, -0.2) is 0 Å². The Labute approximate surface area is 97.1 Å². The number of furan rings is 1. The van der Waals surface area contributed by atoms with Crippen LogP contribution in [0.15, 0.2) is 16.5 Å². The first kappa shape index (κ1) is 11.7. The zero-order valence-electron chi connectivity index (χ0n) is 9.98. The van der Waals surface area contributed by atoms with Crippen LogP contribution in [0.4, 0.5) is 0 Å². The molecule has 1 aromatic heterocycles. The molecule has 0 spiro atoms. The van der Waals surface area contributed by atoms with Crippen LogP contribution >= 0.6 is 0 Å². The predicted molar refractivity (Wildman–Crippen MR) is 62.9 cm³/mol. The van der Waals surface area contributed by atoms with Crippen molar-refractivity contribution >= 4 is 0 Å². The monoisotopic (exact) mass is 223 g/mol. The van der Waals surface area contributed by atoms with Gasteiger partial charge in [-0.05, 0) is 37.4 Å². The maximum Gasteiger partial charge on any atom is 0.129 e. The lowest BCUT2D eigenvalue weighted by atomic mass is 9.96. The molecule has 0 aromatic carbocycles. The highest BCUT2D eigenvalue weighted by molar-refractivity contribution is 5.06. The Balaban J connectivity index is 1.88. The third-order valence-electron chi connectivity index (χ3n) is 3.43. The SMILES string of the molecule is CCC1CCCN(Cc2ccc(CO)o2)C1. The fourth-order valence-corrected chi connectivity index (χ4v) is 2.44. The van der Waals surface area contributed by atoms with Gasteiger partial charge in [-0.3, -0.25) is 4.90 Å². The van der Waals surface area contributed by atoms with Crippen molar-refractivity contribution in [2.24, 2.45) is 5.92 Å². The molecule has 16 heavy (non-hydrogen) atoms. The van der Waals surface area contributed by atoms with E-state index in [1.165, 1.54) is 32.4 Å². The number of piperidine rings is 1. The number of hydrogen-bond donors (Lipinski definition) is 1. The molecule has 3 nitrogen and oxygen atoms in total. The standard InChI is InChI=1S/C13H21NO2/c1-2-11-4-3-7-14(8-11)9-12-5-6-13(10-15)16-12/h5-6,11,15H,2-4,7-10H2,1H3. The van der Waals surface area contributed by atoms with E-state index >= 15 is 0 Å². The summed E-state index contributed by atoms with van der Waals surface area (Å²) in [5.41, 5.74) is 0. The van der Waals surface area contributed by atoms with Gasteiger partial charge >= 0.3 is 0 Å². The molecular formula is C13H21NO2. The summed E-state index contributed by atoms with van der Waals surface area (Å²) in [6.45, 7) is 5.51. The Morgan fingerprint density at radius 2 is 2.25 bits per heavy atom. The van der Waals surface area contributed by atoms with Gasteiger partial charge in [0.05, 0.1) is 6.54 Å². The second-order valence-electron chi connectivity index (χ2n) is 4.68. The molecule has 1 N–H and O–H groups in total. The lowest BCUT2D eigenvalue weighted by Gasteiger charge is -2.31. The van der Waals surface area contributed by atoms with Gasteiger partial charge in [0.2, 0.25) is 0 Å². The average Bonchev–Trinajstić information content (AvgIpc) is 2.77. The first-order valence-electron chi connectivity index (χ1n) is 6.22. The molecule has 0 aliphatic carbocycles. The summed E-state index contributed by atoms with van der Waals surface area (Å²) < 4.78 is 5.51. The molecule has 2 heterocycles. The van der Waals surface area contributed by atoms with E-state index < -0.39 is 0 Å². The fourth-order valence-electron chi connectivity index (χ4n) is 2.44. The topological polar surface area (TPSA) is 36.6 Å². The van der Waals surface area contributed by atoms with E-state index in [-0.39, 0.29) is 6.61 Å². The Hall–Kier alpha value is -0.800. The molecule has 1 aliphatic rings. The van der Waals surface area contributed by atoms with E-state index in [2.05, 4.69) is 11.8 Å². The van der Waals surface area contributed by atoms with Crippen molar-refractivity contribution in [2.45, 2.75) is 39.3 Å². The molecule has 1 aromatic rings. The summed E-state index contributed by atoms with van der Waals surface area (Å²) in [5, 5.41) is 8.93. The molecule has 0 bridgehead atoms. The highest BCUT2D eigenvalue weighted by atomic mass is 16.4. The molecule has 0 amide bonds.